The summed E-state index contributed by atoms with van der Waals surface area (Å²) in [4.78, 5) is 0. The van der Waals surface area contributed by atoms with Crippen LogP contribution in [0.5, 0.6) is 5.75 Å². The first-order valence-corrected chi connectivity index (χ1v) is 6.57. The Hall–Kier alpha value is -2.48. The van der Waals surface area contributed by atoms with Gasteiger partial charge in [-0.25, -0.2) is 0 Å². The molecule has 102 valence electrons. The third kappa shape index (κ3) is 3.75. The van der Waals surface area contributed by atoms with Crippen molar-refractivity contribution in [3.05, 3.63) is 71.8 Å². The van der Waals surface area contributed by atoms with E-state index in [2.05, 4.69) is 30.9 Å². The smallest absolute Gasteiger partial charge is 0.123 e. The molecule has 20 heavy (non-hydrogen) atoms. The van der Waals surface area contributed by atoms with E-state index in [4.69, 9.17) is 10.5 Å². The highest BCUT2D eigenvalue weighted by atomic mass is 16.5. The highest BCUT2D eigenvalue weighted by Crippen LogP contribution is 2.21. The van der Waals surface area contributed by atoms with Gasteiger partial charge in [0, 0.05) is 5.69 Å². The Morgan fingerprint density at radius 2 is 1.70 bits per heavy atom. The molecular formula is C18H19NO. The Labute approximate surface area is 120 Å². The molecule has 2 N–H and O–H groups in total. The van der Waals surface area contributed by atoms with Crippen molar-refractivity contribution in [2.24, 2.45) is 0 Å². The summed E-state index contributed by atoms with van der Waals surface area (Å²) in [5.74, 6) is 0.893. The van der Waals surface area contributed by atoms with Gasteiger partial charge >= 0.3 is 0 Å². The molecule has 0 saturated carbocycles. The van der Waals surface area contributed by atoms with Crippen molar-refractivity contribution in [3.63, 3.8) is 0 Å². The monoisotopic (exact) mass is 265 g/mol. The maximum atomic E-state index is 5.67. The number of ether oxygens (including phenoxy) is 1. The molecule has 0 aliphatic carbocycles. The number of benzene rings is 2. The number of hydrogen-bond acceptors (Lipinski definition) is 2. The first-order chi connectivity index (χ1) is 9.69. The Balaban J connectivity index is 2.16. The number of anilines is 1. The zero-order valence-electron chi connectivity index (χ0n) is 11.7. The maximum Gasteiger partial charge on any atom is 0.123 e. The SMILES string of the molecule is C=CCOc1cc(/C=C/c2ccc(N)cc2)ccc1C. The van der Waals surface area contributed by atoms with Gasteiger partial charge < -0.3 is 10.5 Å². The van der Waals surface area contributed by atoms with Gasteiger partial charge in [0.2, 0.25) is 0 Å². The molecule has 0 fully saturated rings. The van der Waals surface area contributed by atoms with E-state index in [1.165, 1.54) is 0 Å². The van der Waals surface area contributed by atoms with E-state index in [9.17, 15) is 0 Å². The number of rotatable bonds is 5. The van der Waals surface area contributed by atoms with Crippen molar-refractivity contribution in [2.45, 2.75) is 6.92 Å². The number of hydrogen-bond donors (Lipinski definition) is 1. The standard InChI is InChI=1S/C18H19NO/c1-3-12-20-18-13-16(5-4-14(18)2)7-6-15-8-10-17(19)11-9-15/h3-11,13H,1,12,19H2,2H3/b7-6+. The van der Waals surface area contributed by atoms with Gasteiger partial charge in [-0.15, -0.1) is 0 Å². The molecule has 2 nitrogen and oxygen atoms in total. The third-order valence-corrected chi connectivity index (χ3v) is 2.97. The van der Waals surface area contributed by atoms with E-state index < -0.39 is 0 Å². The highest BCUT2D eigenvalue weighted by molar-refractivity contribution is 5.71. The van der Waals surface area contributed by atoms with Crippen LogP contribution in [0.25, 0.3) is 12.2 Å². The molecule has 0 saturated heterocycles. The summed E-state index contributed by atoms with van der Waals surface area (Å²) in [6.07, 6.45) is 5.86. The van der Waals surface area contributed by atoms with Crippen molar-refractivity contribution in [1.29, 1.82) is 0 Å². The predicted octanol–water partition coefficient (Wildman–Crippen LogP) is 4.31. The van der Waals surface area contributed by atoms with Gasteiger partial charge in [-0.1, -0.05) is 49.1 Å². The van der Waals surface area contributed by atoms with Gasteiger partial charge in [0.15, 0.2) is 0 Å². The average Bonchev–Trinajstić information content (AvgIpc) is 2.46. The summed E-state index contributed by atoms with van der Waals surface area (Å²) in [7, 11) is 0. The third-order valence-electron chi connectivity index (χ3n) is 2.97. The van der Waals surface area contributed by atoms with Crippen LogP contribution in [0, 0.1) is 6.92 Å². The fourth-order valence-electron chi connectivity index (χ4n) is 1.82. The first-order valence-electron chi connectivity index (χ1n) is 6.57. The Morgan fingerprint density at radius 1 is 1.05 bits per heavy atom. The Bertz CT molecular complexity index is 612. The number of nitrogen functional groups attached to an aromatic ring is 1. The minimum Gasteiger partial charge on any atom is -0.489 e. The van der Waals surface area contributed by atoms with Crippen molar-refractivity contribution >= 4 is 17.8 Å². The molecule has 0 amide bonds. The topological polar surface area (TPSA) is 35.2 Å². The molecule has 0 atom stereocenters. The molecule has 0 aliphatic rings. The highest BCUT2D eigenvalue weighted by Gasteiger charge is 1.99. The van der Waals surface area contributed by atoms with Crippen LogP contribution in [0.4, 0.5) is 5.69 Å². The van der Waals surface area contributed by atoms with Crippen LogP contribution in [0.2, 0.25) is 0 Å². The van der Waals surface area contributed by atoms with Crippen molar-refractivity contribution in [3.8, 4) is 5.75 Å². The zero-order chi connectivity index (χ0) is 14.4. The van der Waals surface area contributed by atoms with Gasteiger partial charge in [-0.2, -0.15) is 0 Å². The lowest BCUT2D eigenvalue weighted by molar-refractivity contribution is 0.360. The molecule has 2 aromatic rings. The van der Waals surface area contributed by atoms with Crippen LogP contribution < -0.4 is 10.5 Å². The van der Waals surface area contributed by atoms with Crippen molar-refractivity contribution in [1.82, 2.24) is 0 Å². The lowest BCUT2D eigenvalue weighted by atomic mass is 10.1. The molecule has 0 spiro atoms. The lowest BCUT2D eigenvalue weighted by Crippen LogP contribution is -1.95. The van der Waals surface area contributed by atoms with Crippen LogP contribution in [-0.4, -0.2) is 6.61 Å². The summed E-state index contributed by atoms with van der Waals surface area (Å²) in [5, 5.41) is 0. The van der Waals surface area contributed by atoms with Gasteiger partial charge in [-0.3, -0.25) is 0 Å². The van der Waals surface area contributed by atoms with Gasteiger partial charge in [0.1, 0.15) is 12.4 Å². The average molecular weight is 265 g/mol. The van der Waals surface area contributed by atoms with Crippen LogP contribution in [0.3, 0.4) is 0 Å². The van der Waals surface area contributed by atoms with Gasteiger partial charge in [-0.05, 0) is 41.8 Å². The fourth-order valence-corrected chi connectivity index (χ4v) is 1.82. The maximum absolute atomic E-state index is 5.67. The summed E-state index contributed by atoms with van der Waals surface area (Å²) >= 11 is 0. The molecule has 2 rings (SSSR count). The Kier molecular flexibility index (Phi) is 4.61. The molecule has 0 aromatic heterocycles. The first kappa shape index (κ1) is 13.9. The fraction of sp³-hybridized carbons (Fsp3) is 0.111. The van der Waals surface area contributed by atoms with E-state index in [0.717, 1.165) is 28.1 Å². The molecule has 0 aliphatic heterocycles. The van der Waals surface area contributed by atoms with Crippen LogP contribution >= 0.6 is 0 Å². The minimum atomic E-state index is 0.520. The normalized spacial score (nSPS) is 10.7. The van der Waals surface area contributed by atoms with Crippen molar-refractivity contribution in [2.75, 3.05) is 12.3 Å². The molecule has 0 heterocycles. The quantitative estimate of drug-likeness (QED) is 0.496. The summed E-state index contributed by atoms with van der Waals surface area (Å²) in [6.45, 7) is 6.22. The van der Waals surface area contributed by atoms with E-state index >= 15 is 0 Å². The lowest BCUT2D eigenvalue weighted by Gasteiger charge is -2.07. The second-order valence-electron chi connectivity index (χ2n) is 4.62. The van der Waals surface area contributed by atoms with Gasteiger partial charge in [0.25, 0.3) is 0 Å². The second-order valence-corrected chi connectivity index (χ2v) is 4.62. The van der Waals surface area contributed by atoms with E-state index in [1.807, 2.05) is 37.3 Å². The Morgan fingerprint density at radius 3 is 2.40 bits per heavy atom. The molecular weight excluding hydrogens is 246 g/mol. The van der Waals surface area contributed by atoms with Crippen molar-refractivity contribution < 1.29 is 4.74 Å². The largest absolute Gasteiger partial charge is 0.489 e. The van der Waals surface area contributed by atoms with E-state index in [-0.39, 0.29) is 0 Å². The van der Waals surface area contributed by atoms with E-state index in [0.29, 0.717) is 6.61 Å². The van der Waals surface area contributed by atoms with E-state index in [1.54, 1.807) is 6.08 Å². The number of aryl methyl sites for hydroxylation is 1. The zero-order valence-corrected chi connectivity index (χ0v) is 11.7. The van der Waals surface area contributed by atoms with Gasteiger partial charge in [0.05, 0.1) is 0 Å². The molecule has 0 unspecified atom stereocenters. The van der Waals surface area contributed by atoms with Crippen LogP contribution in [0.15, 0.2) is 55.1 Å². The summed E-state index contributed by atoms with van der Waals surface area (Å²) in [6, 6.07) is 13.9. The molecule has 0 bridgehead atoms. The minimum absolute atomic E-state index is 0.520. The van der Waals surface area contributed by atoms with Crippen LogP contribution in [0.1, 0.15) is 16.7 Å². The molecule has 2 aromatic carbocycles. The molecule has 0 radical (unpaired) electrons. The van der Waals surface area contributed by atoms with Crippen LogP contribution in [-0.2, 0) is 0 Å². The summed E-state index contributed by atoms with van der Waals surface area (Å²) in [5.41, 5.74) is 9.79. The second kappa shape index (κ2) is 6.62. The summed E-state index contributed by atoms with van der Waals surface area (Å²) < 4.78 is 5.63. The molecule has 2 heteroatoms. The predicted molar refractivity (Wildman–Crippen MR) is 86.7 cm³/mol. The number of nitrogens with two attached hydrogens (primary N) is 1.